The number of halogens is 1. The molecule has 3 saturated carbocycles. The van der Waals surface area contributed by atoms with Gasteiger partial charge in [-0.2, -0.15) is 0 Å². The SMILES string of the molecule is Cc1ccccc1C(=O)OC1CC2C3CCC(C3)C2C1OC(=O)c1ccccc1I. The van der Waals surface area contributed by atoms with Crippen LogP contribution >= 0.6 is 22.6 Å². The van der Waals surface area contributed by atoms with Crippen molar-refractivity contribution in [2.75, 3.05) is 0 Å². The second-order valence-electron chi connectivity index (χ2n) is 8.92. The maximum atomic E-state index is 13.0. The number of esters is 2. The van der Waals surface area contributed by atoms with E-state index in [0.717, 1.165) is 15.6 Å². The van der Waals surface area contributed by atoms with Gasteiger partial charge in [-0.3, -0.25) is 0 Å². The number of fused-ring (bicyclic) bond motifs is 5. The second-order valence-corrected chi connectivity index (χ2v) is 10.1. The van der Waals surface area contributed by atoms with Crippen LogP contribution in [0, 0.1) is 34.2 Å². The van der Waals surface area contributed by atoms with Crippen LogP contribution in [-0.4, -0.2) is 24.1 Å². The molecule has 0 heterocycles. The number of carbonyl (C=O) groups excluding carboxylic acids is 2. The van der Waals surface area contributed by atoms with Gasteiger partial charge in [0.2, 0.25) is 0 Å². The van der Waals surface area contributed by atoms with Gasteiger partial charge in [-0.25, -0.2) is 9.59 Å². The summed E-state index contributed by atoms with van der Waals surface area (Å²) < 4.78 is 13.0. The molecule has 5 heteroatoms. The summed E-state index contributed by atoms with van der Waals surface area (Å²) in [5.74, 6) is 1.43. The molecule has 0 N–H and O–H groups in total. The molecule has 0 saturated heterocycles. The first-order valence-corrected chi connectivity index (χ1v) is 11.8. The smallest absolute Gasteiger partial charge is 0.339 e. The van der Waals surface area contributed by atoms with E-state index in [4.69, 9.17) is 9.47 Å². The summed E-state index contributed by atoms with van der Waals surface area (Å²) in [7, 11) is 0. The van der Waals surface area contributed by atoms with Gasteiger partial charge in [0.05, 0.1) is 11.1 Å². The second kappa shape index (κ2) is 7.98. The fourth-order valence-electron chi connectivity index (χ4n) is 6.05. The maximum Gasteiger partial charge on any atom is 0.339 e. The van der Waals surface area contributed by atoms with Gasteiger partial charge >= 0.3 is 11.9 Å². The molecule has 3 aliphatic carbocycles. The lowest BCUT2D eigenvalue weighted by atomic mass is 9.81. The summed E-state index contributed by atoms with van der Waals surface area (Å²) in [4.78, 5) is 25.9. The Morgan fingerprint density at radius 2 is 1.53 bits per heavy atom. The highest BCUT2D eigenvalue weighted by atomic mass is 127. The highest BCUT2D eigenvalue weighted by Gasteiger charge is 2.59. The van der Waals surface area contributed by atoms with E-state index in [-0.39, 0.29) is 24.1 Å². The summed E-state index contributed by atoms with van der Waals surface area (Å²) >= 11 is 2.16. The molecule has 2 aromatic rings. The van der Waals surface area contributed by atoms with Crippen molar-refractivity contribution in [3.63, 3.8) is 0 Å². The molecule has 156 valence electrons. The fraction of sp³-hybridized carbons (Fsp3) is 0.440. The third-order valence-electron chi connectivity index (χ3n) is 7.37. The molecule has 6 unspecified atom stereocenters. The predicted octanol–water partition coefficient (Wildman–Crippen LogP) is 5.42. The largest absolute Gasteiger partial charge is 0.455 e. The predicted molar refractivity (Wildman–Crippen MR) is 121 cm³/mol. The minimum Gasteiger partial charge on any atom is -0.455 e. The Morgan fingerprint density at radius 3 is 2.30 bits per heavy atom. The van der Waals surface area contributed by atoms with Gasteiger partial charge in [0, 0.05) is 9.49 Å². The van der Waals surface area contributed by atoms with Crippen LogP contribution in [0.4, 0.5) is 0 Å². The number of carbonyl (C=O) groups is 2. The van der Waals surface area contributed by atoms with Gasteiger partial charge in [-0.1, -0.05) is 30.3 Å². The third-order valence-corrected chi connectivity index (χ3v) is 8.31. The summed E-state index contributed by atoms with van der Waals surface area (Å²) in [6.07, 6.45) is 3.74. The molecule has 3 aliphatic rings. The first-order chi connectivity index (χ1) is 14.5. The monoisotopic (exact) mass is 516 g/mol. The first kappa shape index (κ1) is 20.0. The van der Waals surface area contributed by atoms with E-state index in [0.29, 0.717) is 34.8 Å². The Bertz CT molecular complexity index is 987. The Labute approximate surface area is 190 Å². The molecule has 0 aliphatic heterocycles. The van der Waals surface area contributed by atoms with Crippen LogP contribution in [0.5, 0.6) is 0 Å². The van der Waals surface area contributed by atoms with Crippen molar-refractivity contribution in [3.8, 4) is 0 Å². The fourth-order valence-corrected chi connectivity index (χ4v) is 6.66. The topological polar surface area (TPSA) is 52.6 Å². The van der Waals surface area contributed by atoms with Gasteiger partial charge in [0.15, 0.2) is 0 Å². The van der Waals surface area contributed by atoms with Crippen LogP contribution in [0.15, 0.2) is 48.5 Å². The van der Waals surface area contributed by atoms with Gasteiger partial charge in [-0.15, -0.1) is 0 Å². The Hall–Kier alpha value is -1.89. The van der Waals surface area contributed by atoms with Gasteiger partial charge in [0.25, 0.3) is 0 Å². The normalized spacial score (nSPS) is 31.4. The van der Waals surface area contributed by atoms with Crippen molar-refractivity contribution >= 4 is 34.5 Å². The zero-order valence-corrected chi connectivity index (χ0v) is 19.1. The molecular formula is C25H25IO4. The third kappa shape index (κ3) is 3.45. The van der Waals surface area contributed by atoms with Crippen molar-refractivity contribution in [1.82, 2.24) is 0 Å². The zero-order chi connectivity index (χ0) is 20.8. The average molecular weight is 516 g/mol. The van der Waals surface area contributed by atoms with E-state index >= 15 is 0 Å². The molecule has 4 nitrogen and oxygen atoms in total. The number of ether oxygens (including phenoxy) is 2. The molecule has 0 radical (unpaired) electrons. The molecule has 0 amide bonds. The van der Waals surface area contributed by atoms with E-state index in [9.17, 15) is 9.59 Å². The summed E-state index contributed by atoms with van der Waals surface area (Å²) in [5, 5.41) is 0. The highest BCUT2D eigenvalue weighted by molar-refractivity contribution is 14.1. The molecule has 6 atom stereocenters. The maximum absolute atomic E-state index is 13.0. The Morgan fingerprint density at radius 1 is 0.867 bits per heavy atom. The van der Waals surface area contributed by atoms with E-state index in [1.807, 2.05) is 43.3 Å². The van der Waals surface area contributed by atoms with Gasteiger partial charge in [-0.05, 0) is 96.7 Å². The molecule has 0 spiro atoms. The number of benzene rings is 2. The van der Waals surface area contributed by atoms with Crippen LogP contribution in [0.1, 0.15) is 52.0 Å². The van der Waals surface area contributed by atoms with E-state index in [1.165, 1.54) is 19.3 Å². The summed E-state index contributed by atoms with van der Waals surface area (Å²) in [5.41, 5.74) is 2.06. The van der Waals surface area contributed by atoms with E-state index < -0.39 is 0 Å². The van der Waals surface area contributed by atoms with Crippen LogP contribution in [0.3, 0.4) is 0 Å². The van der Waals surface area contributed by atoms with E-state index in [1.54, 1.807) is 12.1 Å². The molecule has 30 heavy (non-hydrogen) atoms. The minimum absolute atomic E-state index is 0.309. The van der Waals surface area contributed by atoms with Gasteiger partial charge < -0.3 is 9.47 Å². The number of rotatable bonds is 4. The average Bonchev–Trinajstić information content (AvgIpc) is 3.42. The lowest BCUT2D eigenvalue weighted by Gasteiger charge is -2.29. The van der Waals surface area contributed by atoms with Crippen molar-refractivity contribution in [2.24, 2.45) is 23.7 Å². The number of aryl methyl sites for hydroxylation is 1. The molecule has 2 bridgehead atoms. The quantitative estimate of drug-likeness (QED) is 0.403. The van der Waals surface area contributed by atoms with Crippen molar-refractivity contribution in [3.05, 3.63) is 68.8 Å². The highest BCUT2D eigenvalue weighted by Crippen LogP contribution is 2.60. The molecular weight excluding hydrogens is 491 g/mol. The van der Waals surface area contributed by atoms with Crippen molar-refractivity contribution in [2.45, 2.75) is 44.8 Å². The standard InChI is InChI=1S/C25H25IO4/c1-14-6-2-3-7-17(14)24(27)29-21-13-19-15-10-11-16(12-15)22(19)23(21)30-25(28)18-8-4-5-9-20(18)26/h2-9,15-16,19,21-23H,10-13H2,1H3. The molecule has 2 aromatic carbocycles. The molecule has 3 fully saturated rings. The lowest BCUT2D eigenvalue weighted by molar-refractivity contribution is -0.0417. The van der Waals surface area contributed by atoms with Crippen LogP contribution < -0.4 is 0 Å². The molecule has 0 aromatic heterocycles. The summed E-state index contributed by atoms with van der Waals surface area (Å²) in [6, 6.07) is 14.9. The Kier molecular flexibility index (Phi) is 5.33. The summed E-state index contributed by atoms with van der Waals surface area (Å²) in [6.45, 7) is 1.91. The van der Waals surface area contributed by atoms with Crippen LogP contribution in [-0.2, 0) is 9.47 Å². The molecule has 5 rings (SSSR count). The Balaban J connectivity index is 1.40. The number of hydrogen-bond acceptors (Lipinski definition) is 4. The van der Waals surface area contributed by atoms with Crippen LogP contribution in [0.25, 0.3) is 0 Å². The lowest BCUT2D eigenvalue weighted by Crippen LogP contribution is -2.37. The zero-order valence-electron chi connectivity index (χ0n) is 16.9. The van der Waals surface area contributed by atoms with Gasteiger partial charge in [0.1, 0.15) is 12.2 Å². The van der Waals surface area contributed by atoms with E-state index in [2.05, 4.69) is 22.6 Å². The van der Waals surface area contributed by atoms with Crippen LogP contribution in [0.2, 0.25) is 0 Å². The number of hydrogen-bond donors (Lipinski definition) is 0. The van der Waals surface area contributed by atoms with Crippen molar-refractivity contribution < 1.29 is 19.1 Å². The minimum atomic E-state index is -0.374. The van der Waals surface area contributed by atoms with Crippen molar-refractivity contribution in [1.29, 1.82) is 0 Å². The first-order valence-electron chi connectivity index (χ1n) is 10.7.